The monoisotopic (exact) mass is 369 g/mol. The summed E-state index contributed by atoms with van der Waals surface area (Å²) >= 11 is 12.2. The van der Waals surface area contributed by atoms with E-state index in [1.807, 2.05) is 7.05 Å². The van der Waals surface area contributed by atoms with E-state index in [1.165, 1.54) is 0 Å². The van der Waals surface area contributed by atoms with Gasteiger partial charge in [-0.15, -0.1) is 0 Å². The number of nitrogens with zero attached hydrogens (tertiary/aromatic N) is 2. The van der Waals surface area contributed by atoms with Crippen molar-refractivity contribution < 1.29 is 0 Å². The Hall–Kier alpha value is -1.10. The minimum atomic E-state index is -0.0443. The van der Waals surface area contributed by atoms with Crippen LogP contribution in [0.4, 0.5) is 0 Å². The van der Waals surface area contributed by atoms with Crippen molar-refractivity contribution in [1.29, 1.82) is 0 Å². The third kappa shape index (κ3) is 4.71. The van der Waals surface area contributed by atoms with Gasteiger partial charge in [0.15, 0.2) is 0 Å². The first-order chi connectivity index (χ1) is 11.2. The fraction of sp³-hybridized carbons (Fsp3) is 0.556. The number of unbranched alkanes of at least 4 members (excludes halogenated alkanes) is 1. The molecule has 2 aromatic rings. The van der Waals surface area contributed by atoms with Crippen molar-refractivity contribution in [2.45, 2.75) is 46.6 Å². The molecule has 0 radical (unpaired) electrons. The number of nitrogens with one attached hydrogen (secondary N) is 1. The van der Waals surface area contributed by atoms with Crippen LogP contribution in [0.25, 0.3) is 10.9 Å². The molecule has 0 amide bonds. The molecule has 0 saturated carbocycles. The molecule has 0 saturated heterocycles. The molecule has 2 rings (SSSR count). The van der Waals surface area contributed by atoms with Gasteiger partial charge in [0.05, 0.1) is 20.9 Å². The van der Waals surface area contributed by atoms with Crippen LogP contribution in [0.1, 0.15) is 39.4 Å². The fourth-order valence-corrected chi connectivity index (χ4v) is 3.00. The van der Waals surface area contributed by atoms with Gasteiger partial charge in [-0.05, 0) is 44.0 Å². The molecule has 6 heteroatoms. The Morgan fingerprint density at radius 2 is 1.83 bits per heavy atom. The third-order valence-corrected chi connectivity index (χ3v) is 4.51. The first-order valence-corrected chi connectivity index (χ1v) is 9.01. The highest BCUT2D eigenvalue weighted by atomic mass is 35.5. The number of aromatic nitrogens is 2. The van der Waals surface area contributed by atoms with E-state index < -0.39 is 0 Å². The molecule has 0 fully saturated rings. The molecule has 0 aliphatic carbocycles. The summed E-state index contributed by atoms with van der Waals surface area (Å²) in [6.07, 6.45) is 2.79. The van der Waals surface area contributed by atoms with Crippen LogP contribution in [0.2, 0.25) is 10.0 Å². The van der Waals surface area contributed by atoms with E-state index in [2.05, 4.69) is 26.1 Å². The zero-order valence-electron chi connectivity index (χ0n) is 14.7. The lowest BCUT2D eigenvalue weighted by atomic mass is 9.96. The molecule has 4 nitrogen and oxygen atoms in total. The van der Waals surface area contributed by atoms with Crippen molar-refractivity contribution in [3.05, 3.63) is 38.4 Å². The predicted molar refractivity (Wildman–Crippen MR) is 102 cm³/mol. The summed E-state index contributed by atoms with van der Waals surface area (Å²) < 4.78 is 1.80. The topological polar surface area (TPSA) is 46.9 Å². The van der Waals surface area contributed by atoms with Gasteiger partial charge in [-0.3, -0.25) is 9.36 Å². The van der Waals surface area contributed by atoms with Crippen molar-refractivity contribution in [1.82, 2.24) is 14.9 Å². The van der Waals surface area contributed by atoms with E-state index in [9.17, 15) is 4.79 Å². The van der Waals surface area contributed by atoms with Crippen molar-refractivity contribution in [2.75, 3.05) is 13.6 Å². The van der Waals surface area contributed by atoms with Crippen LogP contribution in [0.3, 0.4) is 0 Å². The van der Waals surface area contributed by atoms with Gasteiger partial charge in [-0.1, -0.05) is 44.0 Å². The van der Waals surface area contributed by atoms with Crippen molar-refractivity contribution in [3.8, 4) is 0 Å². The van der Waals surface area contributed by atoms with Crippen LogP contribution in [0, 0.1) is 5.41 Å². The van der Waals surface area contributed by atoms with Gasteiger partial charge in [-0.25, -0.2) is 4.98 Å². The molecule has 0 aliphatic heterocycles. The Bertz CT molecular complexity index is 778. The SMILES string of the molecule is CNCCCCc1nc2cc(Cl)c(Cl)cc2c(=O)n1CC(C)(C)C. The Labute approximate surface area is 153 Å². The van der Waals surface area contributed by atoms with Crippen LogP contribution in [-0.4, -0.2) is 23.1 Å². The second kappa shape index (κ2) is 7.85. The van der Waals surface area contributed by atoms with Gasteiger partial charge in [-0.2, -0.15) is 0 Å². The van der Waals surface area contributed by atoms with E-state index in [0.29, 0.717) is 27.5 Å². The molecule has 0 unspecified atom stereocenters. The molecule has 1 N–H and O–H groups in total. The minimum Gasteiger partial charge on any atom is -0.320 e. The molecule has 1 aromatic carbocycles. The predicted octanol–water partition coefficient (Wildman–Crippen LogP) is 4.29. The van der Waals surface area contributed by atoms with Crippen molar-refractivity contribution >= 4 is 34.1 Å². The standard InChI is InChI=1S/C18H25Cl2N3O/c1-18(2,3)11-23-16(7-5-6-8-21-4)22-15-10-14(20)13(19)9-12(15)17(23)24/h9-10,21H,5-8,11H2,1-4H3. The summed E-state index contributed by atoms with van der Waals surface area (Å²) in [7, 11) is 1.94. The first-order valence-electron chi connectivity index (χ1n) is 8.26. The summed E-state index contributed by atoms with van der Waals surface area (Å²) in [5, 5.41) is 4.47. The molecular formula is C18H25Cl2N3O. The molecule has 1 aromatic heterocycles. The number of aryl methyl sites for hydroxylation is 1. The van der Waals surface area contributed by atoms with Crippen molar-refractivity contribution in [3.63, 3.8) is 0 Å². The summed E-state index contributed by atoms with van der Waals surface area (Å²) in [6.45, 7) is 7.92. The van der Waals surface area contributed by atoms with E-state index in [1.54, 1.807) is 16.7 Å². The molecular weight excluding hydrogens is 345 g/mol. The Morgan fingerprint density at radius 1 is 1.17 bits per heavy atom. The quantitative estimate of drug-likeness (QED) is 0.772. The van der Waals surface area contributed by atoms with Crippen LogP contribution in [0.5, 0.6) is 0 Å². The average Bonchev–Trinajstić information content (AvgIpc) is 2.48. The molecule has 132 valence electrons. The maximum Gasteiger partial charge on any atom is 0.261 e. The van der Waals surface area contributed by atoms with Gasteiger partial charge in [0, 0.05) is 13.0 Å². The van der Waals surface area contributed by atoms with Gasteiger partial charge < -0.3 is 5.32 Å². The summed E-state index contributed by atoms with van der Waals surface area (Å²) in [4.78, 5) is 17.7. The van der Waals surface area contributed by atoms with Gasteiger partial charge in [0.1, 0.15) is 5.82 Å². The van der Waals surface area contributed by atoms with Crippen molar-refractivity contribution in [2.24, 2.45) is 5.41 Å². The average molecular weight is 370 g/mol. The number of benzene rings is 1. The van der Waals surface area contributed by atoms with Gasteiger partial charge >= 0.3 is 0 Å². The largest absolute Gasteiger partial charge is 0.320 e. The molecule has 0 aliphatic rings. The van der Waals surface area contributed by atoms with E-state index in [0.717, 1.165) is 31.6 Å². The van der Waals surface area contributed by atoms with Crippen LogP contribution < -0.4 is 10.9 Å². The zero-order chi connectivity index (χ0) is 17.9. The van der Waals surface area contributed by atoms with Gasteiger partial charge in [0.2, 0.25) is 0 Å². The number of halogens is 2. The summed E-state index contributed by atoms with van der Waals surface area (Å²) in [5.74, 6) is 0.817. The van der Waals surface area contributed by atoms with E-state index in [-0.39, 0.29) is 11.0 Å². The second-order valence-corrected chi connectivity index (χ2v) is 8.14. The van der Waals surface area contributed by atoms with Gasteiger partial charge in [0.25, 0.3) is 5.56 Å². The molecule has 0 bridgehead atoms. The Morgan fingerprint density at radius 3 is 2.46 bits per heavy atom. The molecule has 1 heterocycles. The number of hydrogen-bond acceptors (Lipinski definition) is 3. The molecule has 0 spiro atoms. The molecule has 24 heavy (non-hydrogen) atoms. The number of hydrogen-bond donors (Lipinski definition) is 1. The number of fused-ring (bicyclic) bond motifs is 1. The maximum atomic E-state index is 13.0. The van der Waals surface area contributed by atoms with E-state index in [4.69, 9.17) is 28.2 Å². The lowest BCUT2D eigenvalue weighted by molar-refractivity contribution is 0.330. The third-order valence-electron chi connectivity index (χ3n) is 3.78. The highest BCUT2D eigenvalue weighted by Crippen LogP contribution is 2.26. The zero-order valence-corrected chi connectivity index (χ0v) is 16.3. The highest BCUT2D eigenvalue weighted by molar-refractivity contribution is 6.42. The number of rotatable bonds is 6. The second-order valence-electron chi connectivity index (χ2n) is 7.32. The highest BCUT2D eigenvalue weighted by Gasteiger charge is 2.18. The van der Waals surface area contributed by atoms with E-state index >= 15 is 0 Å². The normalized spacial score (nSPS) is 12.1. The fourth-order valence-electron chi connectivity index (χ4n) is 2.68. The first kappa shape index (κ1) is 19.2. The minimum absolute atomic E-state index is 0.0187. The Kier molecular flexibility index (Phi) is 6.29. The summed E-state index contributed by atoms with van der Waals surface area (Å²) in [6, 6.07) is 3.30. The maximum absolute atomic E-state index is 13.0. The molecule has 0 atom stereocenters. The van der Waals surface area contributed by atoms with Crippen LogP contribution in [-0.2, 0) is 13.0 Å². The Balaban J connectivity index is 2.52. The lowest BCUT2D eigenvalue weighted by Crippen LogP contribution is -2.30. The lowest BCUT2D eigenvalue weighted by Gasteiger charge is -2.22. The smallest absolute Gasteiger partial charge is 0.261 e. The van der Waals surface area contributed by atoms with Crippen LogP contribution >= 0.6 is 23.2 Å². The van der Waals surface area contributed by atoms with Crippen LogP contribution in [0.15, 0.2) is 16.9 Å². The summed E-state index contributed by atoms with van der Waals surface area (Å²) in [5.41, 5.74) is 0.551.